The Morgan fingerprint density at radius 2 is 2.00 bits per heavy atom. The molecular formula is C22H27N3O. The van der Waals surface area contributed by atoms with E-state index in [2.05, 4.69) is 58.5 Å². The third kappa shape index (κ3) is 3.22. The van der Waals surface area contributed by atoms with E-state index >= 15 is 0 Å². The van der Waals surface area contributed by atoms with E-state index in [0.717, 1.165) is 44.6 Å². The van der Waals surface area contributed by atoms with Crippen LogP contribution >= 0.6 is 0 Å². The maximum atomic E-state index is 5.82. The molecule has 0 aliphatic heterocycles. The molecule has 1 aliphatic carbocycles. The smallest absolute Gasteiger partial charge is 0.122 e. The van der Waals surface area contributed by atoms with Crippen LogP contribution in [0.25, 0.3) is 10.9 Å². The first-order chi connectivity index (χ1) is 12.8. The normalized spacial score (nSPS) is 16.3. The Bertz CT molecular complexity index is 872. The number of benzene rings is 2. The molecule has 1 heterocycles. The average Bonchev–Trinajstić information content (AvgIpc) is 3.10. The van der Waals surface area contributed by atoms with Crippen LogP contribution in [0.5, 0.6) is 5.75 Å². The minimum Gasteiger partial charge on any atom is -0.496 e. The van der Waals surface area contributed by atoms with Gasteiger partial charge in [-0.2, -0.15) is 0 Å². The summed E-state index contributed by atoms with van der Waals surface area (Å²) in [6, 6.07) is 15.4. The highest BCUT2D eigenvalue weighted by atomic mass is 16.5. The van der Waals surface area contributed by atoms with Crippen LogP contribution in [0, 0.1) is 0 Å². The monoisotopic (exact) mass is 349 g/mol. The number of nitrogens with one attached hydrogen (secondary N) is 1. The third-order valence-corrected chi connectivity index (χ3v) is 5.50. The SMILES string of the molecule is COc1ccc2[nH]cc3c2c1CC(N(CCCN)Cc1ccccc1)C3. The number of methoxy groups -OCH3 is 1. The first-order valence-electron chi connectivity index (χ1n) is 9.44. The van der Waals surface area contributed by atoms with Crippen LogP contribution in [0.2, 0.25) is 0 Å². The lowest BCUT2D eigenvalue weighted by atomic mass is 9.87. The fourth-order valence-corrected chi connectivity index (χ4v) is 4.23. The minimum atomic E-state index is 0.463. The maximum Gasteiger partial charge on any atom is 0.122 e. The quantitative estimate of drug-likeness (QED) is 0.686. The molecule has 26 heavy (non-hydrogen) atoms. The van der Waals surface area contributed by atoms with Crippen LogP contribution in [0.4, 0.5) is 0 Å². The number of hydrogen-bond donors (Lipinski definition) is 2. The van der Waals surface area contributed by atoms with Gasteiger partial charge in [-0.05, 0) is 49.1 Å². The van der Waals surface area contributed by atoms with Crippen molar-refractivity contribution in [3.8, 4) is 5.75 Å². The van der Waals surface area contributed by atoms with Gasteiger partial charge in [-0.3, -0.25) is 4.90 Å². The molecule has 1 aliphatic rings. The highest BCUT2D eigenvalue weighted by molar-refractivity contribution is 5.89. The molecule has 0 saturated heterocycles. The molecule has 0 saturated carbocycles. The van der Waals surface area contributed by atoms with E-state index < -0.39 is 0 Å². The summed E-state index contributed by atoms with van der Waals surface area (Å²) in [6.45, 7) is 2.71. The molecule has 0 bridgehead atoms. The molecule has 3 N–H and O–H groups in total. The summed E-state index contributed by atoms with van der Waals surface area (Å²) in [5.41, 5.74) is 11.1. The Hall–Kier alpha value is -2.30. The highest BCUT2D eigenvalue weighted by Gasteiger charge is 2.28. The van der Waals surface area contributed by atoms with E-state index in [4.69, 9.17) is 10.5 Å². The summed E-state index contributed by atoms with van der Waals surface area (Å²) >= 11 is 0. The molecule has 2 aromatic carbocycles. The number of nitrogens with two attached hydrogens (primary N) is 1. The molecule has 136 valence electrons. The molecule has 3 aromatic rings. The van der Waals surface area contributed by atoms with Crippen molar-refractivity contribution in [2.75, 3.05) is 20.2 Å². The van der Waals surface area contributed by atoms with Gasteiger partial charge in [0.1, 0.15) is 5.75 Å². The van der Waals surface area contributed by atoms with E-state index in [9.17, 15) is 0 Å². The summed E-state index contributed by atoms with van der Waals surface area (Å²) < 4.78 is 5.68. The zero-order chi connectivity index (χ0) is 17.9. The van der Waals surface area contributed by atoms with Gasteiger partial charge in [-0.1, -0.05) is 30.3 Å². The number of rotatable bonds is 7. The molecular weight excluding hydrogens is 322 g/mol. The van der Waals surface area contributed by atoms with Gasteiger partial charge in [0.15, 0.2) is 0 Å². The Kier molecular flexibility index (Phi) is 4.96. The molecule has 4 rings (SSSR count). The van der Waals surface area contributed by atoms with Gasteiger partial charge in [0.05, 0.1) is 7.11 Å². The summed E-state index contributed by atoms with van der Waals surface area (Å²) in [5, 5.41) is 1.36. The molecule has 4 heteroatoms. The molecule has 0 radical (unpaired) electrons. The van der Waals surface area contributed by atoms with Crippen LogP contribution in [0.1, 0.15) is 23.1 Å². The van der Waals surface area contributed by atoms with Crippen LogP contribution < -0.4 is 10.5 Å². The number of aromatic nitrogens is 1. The lowest BCUT2D eigenvalue weighted by Gasteiger charge is -2.35. The van der Waals surface area contributed by atoms with E-state index in [1.807, 2.05) is 0 Å². The van der Waals surface area contributed by atoms with E-state index in [-0.39, 0.29) is 0 Å². The van der Waals surface area contributed by atoms with Crippen LogP contribution in [0.15, 0.2) is 48.7 Å². The van der Waals surface area contributed by atoms with Crippen LogP contribution in [-0.2, 0) is 19.4 Å². The van der Waals surface area contributed by atoms with Gasteiger partial charge in [0.25, 0.3) is 0 Å². The number of hydrogen-bond acceptors (Lipinski definition) is 3. The maximum absolute atomic E-state index is 5.82. The van der Waals surface area contributed by atoms with E-state index in [1.165, 1.54) is 27.6 Å². The van der Waals surface area contributed by atoms with Crippen LogP contribution in [-0.4, -0.2) is 36.1 Å². The zero-order valence-corrected chi connectivity index (χ0v) is 15.4. The number of H-pyrrole nitrogens is 1. The van der Waals surface area contributed by atoms with Crippen molar-refractivity contribution < 1.29 is 4.74 Å². The molecule has 4 nitrogen and oxygen atoms in total. The van der Waals surface area contributed by atoms with Gasteiger partial charge < -0.3 is 15.5 Å². The van der Waals surface area contributed by atoms with E-state index in [1.54, 1.807) is 7.11 Å². The van der Waals surface area contributed by atoms with Gasteiger partial charge in [0.2, 0.25) is 0 Å². The first-order valence-corrected chi connectivity index (χ1v) is 9.44. The average molecular weight is 349 g/mol. The predicted molar refractivity (Wildman–Crippen MR) is 107 cm³/mol. The topological polar surface area (TPSA) is 54.3 Å². The van der Waals surface area contributed by atoms with Crippen molar-refractivity contribution >= 4 is 10.9 Å². The third-order valence-electron chi connectivity index (χ3n) is 5.50. The fraction of sp³-hybridized carbons (Fsp3) is 0.364. The van der Waals surface area contributed by atoms with Gasteiger partial charge in [0, 0.05) is 41.8 Å². The largest absolute Gasteiger partial charge is 0.496 e. The van der Waals surface area contributed by atoms with Crippen molar-refractivity contribution in [1.82, 2.24) is 9.88 Å². The highest BCUT2D eigenvalue weighted by Crippen LogP contribution is 2.37. The predicted octanol–water partition coefficient (Wildman–Crippen LogP) is 3.49. The zero-order valence-electron chi connectivity index (χ0n) is 15.4. The van der Waals surface area contributed by atoms with Crippen molar-refractivity contribution in [1.29, 1.82) is 0 Å². The Morgan fingerprint density at radius 3 is 2.77 bits per heavy atom. The standard InChI is InChI=1S/C22H27N3O/c1-26-21-9-8-20-22-17(14-24-20)12-18(13-19(21)22)25(11-5-10-23)15-16-6-3-2-4-7-16/h2-4,6-9,14,18,24H,5,10-13,15,23H2,1H3. The summed E-state index contributed by atoms with van der Waals surface area (Å²) in [5.74, 6) is 1.00. The van der Waals surface area contributed by atoms with Gasteiger partial charge in [-0.25, -0.2) is 0 Å². The van der Waals surface area contributed by atoms with Gasteiger partial charge >= 0.3 is 0 Å². The first kappa shape index (κ1) is 17.1. The number of aromatic amines is 1. The van der Waals surface area contributed by atoms with Gasteiger partial charge in [-0.15, -0.1) is 0 Å². The van der Waals surface area contributed by atoms with E-state index in [0.29, 0.717) is 6.04 Å². The second kappa shape index (κ2) is 7.52. The van der Waals surface area contributed by atoms with Crippen molar-refractivity contribution in [3.05, 3.63) is 65.4 Å². The minimum absolute atomic E-state index is 0.463. The van der Waals surface area contributed by atoms with Crippen molar-refractivity contribution in [2.24, 2.45) is 5.73 Å². The Labute approximate surface area is 155 Å². The molecule has 1 atom stereocenters. The number of nitrogens with zero attached hydrogens (tertiary/aromatic N) is 1. The van der Waals surface area contributed by atoms with Crippen molar-refractivity contribution in [2.45, 2.75) is 31.8 Å². The summed E-state index contributed by atoms with van der Waals surface area (Å²) in [7, 11) is 1.77. The second-order valence-electron chi connectivity index (χ2n) is 7.14. The van der Waals surface area contributed by atoms with Crippen molar-refractivity contribution in [3.63, 3.8) is 0 Å². The Balaban J connectivity index is 1.64. The Morgan fingerprint density at radius 1 is 1.15 bits per heavy atom. The molecule has 0 amide bonds. The number of ether oxygens (including phenoxy) is 1. The fourth-order valence-electron chi connectivity index (χ4n) is 4.23. The molecule has 1 aromatic heterocycles. The molecule has 0 fully saturated rings. The second-order valence-corrected chi connectivity index (χ2v) is 7.14. The summed E-state index contributed by atoms with van der Waals surface area (Å²) in [6.07, 6.45) is 5.27. The molecule has 0 spiro atoms. The lowest BCUT2D eigenvalue weighted by Crippen LogP contribution is -2.40. The lowest BCUT2D eigenvalue weighted by molar-refractivity contribution is 0.180. The van der Waals surface area contributed by atoms with Crippen LogP contribution in [0.3, 0.4) is 0 Å². The summed E-state index contributed by atoms with van der Waals surface area (Å²) in [4.78, 5) is 6.02. The molecule has 1 unspecified atom stereocenters.